The van der Waals surface area contributed by atoms with Crippen molar-refractivity contribution in [3.05, 3.63) is 114 Å². The van der Waals surface area contributed by atoms with Crippen molar-refractivity contribution < 1.29 is 27.3 Å². The van der Waals surface area contributed by atoms with E-state index in [4.69, 9.17) is 4.42 Å². The van der Waals surface area contributed by atoms with Crippen LogP contribution in [0.4, 0.5) is 24.7 Å². The van der Waals surface area contributed by atoms with Crippen LogP contribution in [0.5, 0.6) is 0 Å². The quantitative estimate of drug-likeness (QED) is 0.0657. The minimum Gasteiger partial charge on any atom is -0.419 e. The summed E-state index contributed by atoms with van der Waals surface area (Å²) < 4.78 is 48.6. The Morgan fingerprint density at radius 3 is 2.06 bits per heavy atom. The summed E-state index contributed by atoms with van der Waals surface area (Å²) in [5.74, 6) is -1.40. The Bertz CT molecular complexity index is 1720. The first-order chi connectivity index (χ1) is 22.2. The molecule has 0 aliphatic rings. The molecule has 0 bridgehead atoms. The van der Waals surface area contributed by atoms with Crippen molar-refractivity contribution in [1.29, 1.82) is 0 Å². The summed E-state index contributed by atoms with van der Waals surface area (Å²) in [7, 11) is -1.94. The van der Waals surface area contributed by atoms with E-state index in [1.165, 1.54) is 24.1 Å². The zero-order valence-electron chi connectivity index (χ0n) is 26.6. The number of Topliss-reactive ketones (excluding diaryl/α,β-unsaturated/α-hetero) is 1. The summed E-state index contributed by atoms with van der Waals surface area (Å²) in [5.41, 5.74) is -3.80. The van der Waals surface area contributed by atoms with E-state index in [-0.39, 0.29) is 24.6 Å². The van der Waals surface area contributed by atoms with Crippen LogP contribution in [0.1, 0.15) is 50.6 Å². The van der Waals surface area contributed by atoms with Gasteiger partial charge in [0.1, 0.15) is 25.2 Å². The number of rotatable bonds is 13. The van der Waals surface area contributed by atoms with Gasteiger partial charge in [0.15, 0.2) is 0 Å². The molecule has 0 N–H and O–H groups in total. The molecule has 2 aromatic carbocycles. The number of carbonyl (C=O) groups is 1. The monoisotopic (exact) mass is 663 g/mol. The second-order valence-electron chi connectivity index (χ2n) is 12.1. The van der Waals surface area contributed by atoms with Crippen molar-refractivity contribution in [3.63, 3.8) is 0 Å². The van der Waals surface area contributed by atoms with E-state index in [9.17, 15) is 28.1 Å². The maximum atomic E-state index is 14.3. The van der Waals surface area contributed by atoms with Crippen molar-refractivity contribution in [2.45, 2.75) is 50.4 Å². The van der Waals surface area contributed by atoms with Gasteiger partial charge in [-0.25, -0.2) is 4.98 Å². The van der Waals surface area contributed by atoms with Gasteiger partial charge in [-0.15, -0.1) is 23.4 Å². The number of hydrogen-bond acceptors (Lipinski definition) is 8. The number of nitro groups is 1. The van der Waals surface area contributed by atoms with Gasteiger partial charge in [0, 0.05) is 26.1 Å². The average Bonchev–Trinajstić information content (AvgIpc) is 3.51. The lowest BCUT2D eigenvalue weighted by molar-refractivity contribution is -0.384. The molecule has 0 aliphatic carbocycles. The van der Waals surface area contributed by atoms with Gasteiger partial charge in [0.05, 0.1) is 10.5 Å². The molecule has 2 aromatic heterocycles. The number of benzene rings is 2. The van der Waals surface area contributed by atoms with Crippen LogP contribution in [0, 0.1) is 10.1 Å². The van der Waals surface area contributed by atoms with Gasteiger partial charge in [-0.1, -0.05) is 104 Å². The van der Waals surface area contributed by atoms with Crippen LogP contribution in [-0.4, -0.2) is 47.6 Å². The molecule has 9 nitrogen and oxygen atoms in total. The Hall–Kier alpha value is -4.91. The van der Waals surface area contributed by atoms with E-state index in [0.29, 0.717) is 12.5 Å². The van der Waals surface area contributed by atoms with Crippen molar-refractivity contribution in [3.8, 4) is 11.6 Å². The van der Waals surface area contributed by atoms with E-state index in [1.807, 2.05) is 81.4 Å². The highest BCUT2D eigenvalue weighted by Crippen LogP contribution is 2.46. The molecule has 0 aliphatic heterocycles. The number of carbonyl (C=O) groups excluding carboxylic acids is 1. The predicted molar refractivity (Wildman–Crippen MR) is 177 cm³/mol. The van der Waals surface area contributed by atoms with Crippen LogP contribution in [0.3, 0.4) is 0 Å². The molecule has 0 spiro atoms. The second-order valence-corrected chi connectivity index (χ2v) is 17.0. The summed E-state index contributed by atoms with van der Waals surface area (Å²) in [6, 6.07) is 19.6. The lowest BCUT2D eigenvalue weighted by Crippen LogP contribution is -2.69. The topological polar surface area (TPSA) is 115 Å². The summed E-state index contributed by atoms with van der Waals surface area (Å²) in [6.45, 7) is 13.6. The molecule has 1 atom stereocenters. The lowest BCUT2D eigenvalue weighted by Gasteiger charge is -2.47. The van der Waals surface area contributed by atoms with E-state index in [0.717, 1.165) is 10.4 Å². The fourth-order valence-electron chi connectivity index (χ4n) is 6.15. The SMILES string of the molecule is C=CCCN(C)c1nc(-c2nnc(C(C(=O)CC=C)[Si](c3ccccc3)(c3ccccc3)C(C)(C)C)o2)c([N+](=O)[O-])cc1C(F)(F)F. The molecule has 0 saturated carbocycles. The highest BCUT2D eigenvalue weighted by atomic mass is 28.3. The molecule has 0 amide bonds. The Labute approximate surface area is 272 Å². The number of halogens is 3. The smallest absolute Gasteiger partial charge is 0.419 e. The van der Waals surface area contributed by atoms with E-state index in [1.54, 1.807) is 0 Å². The summed E-state index contributed by atoms with van der Waals surface area (Å²) in [6.07, 6.45) is -1.63. The standard InChI is InChI=1S/C34H36F3N5O4Si/c1-7-9-21-41(6)30-25(34(35,36)37)22-26(42(44)45)28(38-30)31-39-40-32(46-31)29(27(43)16-8-2)47(33(3,4)5,23-17-12-10-13-18-23)24-19-14-11-15-20-24/h7-8,10-15,17-20,22,29H,1-2,9,16,21H2,3-6H3. The van der Waals surface area contributed by atoms with Gasteiger partial charge in [0.2, 0.25) is 11.6 Å². The number of pyridine rings is 1. The minimum absolute atomic E-state index is 0.0379. The van der Waals surface area contributed by atoms with Gasteiger partial charge < -0.3 is 9.32 Å². The molecule has 1 unspecified atom stereocenters. The third kappa shape index (κ3) is 6.80. The van der Waals surface area contributed by atoms with Crippen molar-refractivity contribution in [2.75, 3.05) is 18.5 Å². The van der Waals surface area contributed by atoms with Crippen LogP contribution in [0.2, 0.25) is 5.04 Å². The molecule has 4 aromatic rings. The maximum absolute atomic E-state index is 14.3. The van der Waals surface area contributed by atoms with Crippen molar-refractivity contribution in [2.24, 2.45) is 0 Å². The Morgan fingerprint density at radius 1 is 1.02 bits per heavy atom. The summed E-state index contributed by atoms with van der Waals surface area (Å²) in [5, 5.41) is 21.8. The van der Waals surface area contributed by atoms with E-state index < -0.39 is 58.4 Å². The van der Waals surface area contributed by atoms with Crippen molar-refractivity contribution in [1.82, 2.24) is 15.2 Å². The van der Waals surface area contributed by atoms with Gasteiger partial charge >= 0.3 is 11.9 Å². The highest BCUT2D eigenvalue weighted by Gasteiger charge is 2.58. The number of allylic oxidation sites excluding steroid dienone is 1. The Morgan fingerprint density at radius 2 is 1.60 bits per heavy atom. The third-order valence-electron chi connectivity index (χ3n) is 8.15. The van der Waals surface area contributed by atoms with E-state index >= 15 is 0 Å². The lowest BCUT2D eigenvalue weighted by atomic mass is 10.1. The fraction of sp³-hybridized carbons (Fsp3) is 0.294. The van der Waals surface area contributed by atoms with Crippen molar-refractivity contribution >= 4 is 35.7 Å². The van der Waals surface area contributed by atoms with Crippen LogP contribution in [-0.2, 0) is 11.0 Å². The Kier molecular flexibility index (Phi) is 10.3. The van der Waals surface area contributed by atoms with Gasteiger partial charge in [0.25, 0.3) is 5.89 Å². The zero-order valence-corrected chi connectivity index (χ0v) is 27.6. The van der Waals surface area contributed by atoms with Crippen LogP contribution in [0.15, 0.2) is 96.5 Å². The molecular weight excluding hydrogens is 627 g/mol. The molecule has 13 heteroatoms. The first kappa shape index (κ1) is 35.0. The molecule has 2 heterocycles. The molecular formula is C34H36F3N5O4Si. The fourth-order valence-corrected chi connectivity index (χ4v) is 12.3. The summed E-state index contributed by atoms with van der Waals surface area (Å²) >= 11 is 0. The van der Waals surface area contributed by atoms with Gasteiger partial charge in [-0.05, 0) is 11.5 Å². The first-order valence-corrected chi connectivity index (χ1v) is 16.9. The van der Waals surface area contributed by atoms with Crippen LogP contribution >= 0.6 is 0 Å². The predicted octanol–water partition coefficient (Wildman–Crippen LogP) is 6.90. The molecule has 4 rings (SSSR count). The molecule has 0 fully saturated rings. The van der Waals surface area contributed by atoms with Gasteiger partial charge in [-0.3, -0.25) is 14.9 Å². The number of nitrogens with zero attached hydrogens (tertiary/aromatic N) is 5. The largest absolute Gasteiger partial charge is 0.420 e. The summed E-state index contributed by atoms with van der Waals surface area (Å²) in [4.78, 5) is 30.8. The zero-order chi connectivity index (χ0) is 34.6. The molecule has 0 radical (unpaired) electrons. The molecule has 0 saturated heterocycles. The van der Waals surface area contributed by atoms with Crippen LogP contribution in [0.25, 0.3) is 11.6 Å². The minimum atomic E-state index is -4.94. The second kappa shape index (κ2) is 13.8. The first-order valence-electron chi connectivity index (χ1n) is 14.9. The number of aromatic nitrogens is 3. The number of anilines is 1. The maximum Gasteiger partial charge on any atom is 0.420 e. The average molecular weight is 664 g/mol. The number of ketones is 1. The molecule has 246 valence electrons. The Balaban J connectivity index is 2.05. The van der Waals surface area contributed by atoms with Crippen LogP contribution < -0.4 is 15.3 Å². The van der Waals surface area contributed by atoms with Gasteiger partial charge in [-0.2, -0.15) is 13.2 Å². The number of hydrogen-bond donors (Lipinski definition) is 0. The molecule has 47 heavy (non-hydrogen) atoms. The number of alkyl halides is 3. The third-order valence-corrected chi connectivity index (χ3v) is 14.4. The van der Waals surface area contributed by atoms with E-state index in [2.05, 4.69) is 28.3 Å². The normalized spacial score (nSPS) is 12.7. The highest BCUT2D eigenvalue weighted by molar-refractivity contribution is 7.06.